The first-order valence-corrected chi connectivity index (χ1v) is 11.2. The van der Waals surface area contributed by atoms with E-state index in [2.05, 4.69) is 45.3 Å². The van der Waals surface area contributed by atoms with Gasteiger partial charge in [-0.2, -0.15) is 0 Å². The molecule has 0 radical (unpaired) electrons. The van der Waals surface area contributed by atoms with Crippen molar-refractivity contribution in [2.75, 3.05) is 11.9 Å². The molecule has 30 heavy (non-hydrogen) atoms. The molecule has 162 valence electrons. The monoisotopic (exact) mass is 429 g/mol. The van der Waals surface area contributed by atoms with Crippen molar-refractivity contribution in [3.8, 4) is 5.75 Å². The van der Waals surface area contributed by atoms with Crippen LogP contribution in [0.3, 0.4) is 0 Å². The van der Waals surface area contributed by atoms with Gasteiger partial charge in [0.2, 0.25) is 0 Å². The van der Waals surface area contributed by atoms with E-state index in [9.17, 15) is 9.59 Å². The summed E-state index contributed by atoms with van der Waals surface area (Å²) < 4.78 is 5.65. The van der Waals surface area contributed by atoms with E-state index in [1.54, 1.807) is 24.3 Å². The topological polar surface area (TPSA) is 93.4 Å². The molecule has 1 aliphatic rings. The Morgan fingerprint density at radius 2 is 1.87 bits per heavy atom. The van der Waals surface area contributed by atoms with Crippen LogP contribution in [-0.2, 0) is 12.0 Å². The summed E-state index contributed by atoms with van der Waals surface area (Å²) in [6.45, 7) is 11.1. The predicted molar refractivity (Wildman–Crippen MR) is 122 cm³/mol. The van der Waals surface area contributed by atoms with E-state index < -0.39 is 5.91 Å². The van der Waals surface area contributed by atoms with Crippen LogP contribution in [0.25, 0.3) is 0 Å². The Bertz CT molecular complexity index is 945. The van der Waals surface area contributed by atoms with Crippen LogP contribution in [0.5, 0.6) is 5.75 Å². The molecular formula is C23H31N3O3S. The smallest absolute Gasteiger partial charge is 0.256 e. The maximum atomic E-state index is 12.8. The first-order valence-electron chi connectivity index (χ1n) is 10.3. The fraction of sp³-hybridized carbons (Fsp3) is 0.478. The summed E-state index contributed by atoms with van der Waals surface area (Å²) >= 11 is 1.42. The fourth-order valence-electron chi connectivity index (χ4n) is 4.09. The van der Waals surface area contributed by atoms with Crippen molar-refractivity contribution in [2.45, 2.75) is 65.0 Å². The van der Waals surface area contributed by atoms with Crippen molar-refractivity contribution < 1.29 is 14.3 Å². The van der Waals surface area contributed by atoms with Crippen molar-refractivity contribution >= 4 is 28.2 Å². The second kappa shape index (κ2) is 8.40. The molecule has 0 saturated carbocycles. The van der Waals surface area contributed by atoms with Crippen molar-refractivity contribution in [1.29, 1.82) is 0 Å². The molecule has 3 rings (SSSR count). The number of rotatable bonds is 7. The fourth-order valence-corrected chi connectivity index (χ4v) is 5.37. The van der Waals surface area contributed by atoms with Gasteiger partial charge in [-0.1, -0.05) is 13.3 Å². The van der Waals surface area contributed by atoms with Crippen LogP contribution in [-0.4, -0.2) is 24.0 Å². The van der Waals surface area contributed by atoms with Crippen molar-refractivity contribution in [3.05, 3.63) is 45.8 Å². The number of carbonyl (C=O) groups excluding carboxylic acids is 2. The van der Waals surface area contributed by atoms with Crippen LogP contribution in [0.2, 0.25) is 0 Å². The standard InChI is InChI=1S/C23H31N3O3S/c1-6-7-12-29-15-10-8-14(9-11-15)20(28)25-21-17(19(24)27)16-13-22(2,3)26-23(4,5)18(16)30-21/h8-11,26H,6-7,12-13H2,1-5H3,(H2,24,27)(H,25,28). The lowest BCUT2D eigenvalue weighted by Crippen LogP contribution is -2.55. The molecule has 7 heteroatoms. The number of ether oxygens (including phenoxy) is 1. The van der Waals surface area contributed by atoms with Crippen molar-refractivity contribution in [2.24, 2.45) is 5.73 Å². The summed E-state index contributed by atoms with van der Waals surface area (Å²) in [5, 5.41) is 7.03. The van der Waals surface area contributed by atoms with Gasteiger partial charge in [-0.05, 0) is 70.4 Å². The van der Waals surface area contributed by atoms with E-state index >= 15 is 0 Å². The molecule has 2 aromatic rings. The molecule has 0 bridgehead atoms. The Balaban J connectivity index is 1.86. The Hall–Kier alpha value is -2.38. The molecule has 1 aromatic carbocycles. The molecule has 0 fully saturated rings. The number of hydrogen-bond donors (Lipinski definition) is 3. The normalized spacial score (nSPS) is 16.6. The lowest BCUT2D eigenvalue weighted by Gasteiger charge is -2.42. The van der Waals surface area contributed by atoms with Gasteiger partial charge in [0.25, 0.3) is 11.8 Å². The Kier molecular flexibility index (Phi) is 6.24. The number of amides is 2. The van der Waals surface area contributed by atoms with Crippen LogP contribution < -0.4 is 21.1 Å². The Labute approximate surface area is 182 Å². The first kappa shape index (κ1) is 22.3. The number of nitrogens with two attached hydrogens (primary N) is 1. The lowest BCUT2D eigenvalue weighted by atomic mass is 9.81. The van der Waals surface area contributed by atoms with Gasteiger partial charge in [0.15, 0.2) is 0 Å². The Morgan fingerprint density at radius 1 is 1.20 bits per heavy atom. The molecule has 0 aliphatic carbocycles. The zero-order valence-corrected chi connectivity index (χ0v) is 19.2. The third-order valence-electron chi connectivity index (χ3n) is 5.20. The van der Waals surface area contributed by atoms with E-state index in [4.69, 9.17) is 10.5 Å². The second-order valence-corrected chi connectivity index (χ2v) is 9.99. The number of unbranched alkanes of at least 4 members (excludes halogenated alkanes) is 1. The maximum Gasteiger partial charge on any atom is 0.256 e. The van der Waals surface area contributed by atoms with E-state index in [1.165, 1.54) is 11.3 Å². The number of anilines is 1. The zero-order valence-electron chi connectivity index (χ0n) is 18.3. The molecule has 0 saturated heterocycles. The van der Waals surface area contributed by atoms with E-state index in [0.29, 0.717) is 29.2 Å². The molecule has 2 heterocycles. The van der Waals surface area contributed by atoms with Crippen LogP contribution >= 0.6 is 11.3 Å². The number of benzene rings is 1. The molecule has 6 nitrogen and oxygen atoms in total. The number of carbonyl (C=O) groups is 2. The number of hydrogen-bond acceptors (Lipinski definition) is 5. The molecule has 1 aromatic heterocycles. The van der Waals surface area contributed by atoms with Crippen LogP contribution in [0.1, 0.15) is 78.6 Å². The van der Waals surface area contributed by atoms with Gasteiger partial charge in [-0.3, -0.25) is 9.59 Å². The highest BCUT2D eigenvalue weighted by molar-refractivity contribution is 7.17. The summed E-state index contributed by atoms with van der Waals surface area (Å²) in [7, 11) is 0. The van der Waals surface area contributed by atoms with Gasteiger partial charge >= 0.3 is 0 Å². The number of thiophene rings is 1. The molecule has 4 N–H and O–H groups in total. The minimum Gasteiger partial charge on any atom is -0.494 e. The van der Waals surface area contributed by atoms with Gasteiger partial charge in [0.1, 0.15) is 10.8 Å². The highest BCUT2D eigenvalue weighted by Crippen LogP contribution is 2.45. The predicted octanol–water partition coefficient (Wildman–Crippen LogP) is 4.44. The largest absolute Gasteiger partial charge is 0.494 e. The van der Waals surface area contributed by atoms with Crippen LogP contribution in [0.15, 0.2) is 24.3 Å². The minimum atomic E-state index is -0.518. The summed E-state index contributed by atoms with van der Waals surface area (Å²) in [5.41, 5.74) is 7.07. The molecular weight excluding hydrogens is 398 g/mol. The average Bonchev–Trinajstić information content (AvgIpc) is 2.99. The highest BCUT2D eigenvalue weighted by Gasteiger charge is 2.41. The SMILES string of the molecule is CCCCOc1ccc(C(=O)Nc2sc3c(c2C(N)=O)CC(C)(C)NC3(C)C)cc1. The molecule has 1 aliphatic heterocycles. The van der Waals surface area contributed by atoms with Crippen LogP contribution in [0.4, 0.5) is 5.00 Å². The zero-order chi connectivity index (χ0) is 22.1. The quantitative estimate of drug-likeness (QED) is 0.567. The average molecular weight is 430 g/mol. The Morgan fingerprint density at radius 3 is 2.47 bits per heavy atom. The van der Waals surface area contributed by atoms with E-state index in [1.807, 2.05) is 0 Å². The van der Waals surface area contributed by atoms with Gasteiger partial charge in [-0.25, -0.2) is 0 Å². The molecule has 2 amide bonds. The second-order valence-electron chi connectivity index (χ2n) is 8.97. The molecule has 0 atom stereocenters. The summed E-state index contributed by atoms with van der Waals surface area (Å²) in [4.78, 5) is 26.2. The summed E-state index contributed by atoms with van der Waals surface area (Å²) in [6.07, 6.45) is 2.72. The van der Waals surface area contributed by atoms with Gasteiger partial charge in [0.05, 0.1) is 12.2 Å². The number of fused-ring (bicyclic) bond motifs is 1. The third kappa shape index (κ3) is 4.68. The summed E-state index contributed by atoms with van der Waals surface area (Å²) in [6, 6.07) is 7.02. The van der Waals surface area contributed by atoms with Gasteiger partial charge in [0, 0.05) is 21.5 Å². The van der Waals surface area contributed by atoms with Gasteiger partial charge < -0.3 is 21.1 Å². The third-order valence-corrected chi connectivity index (χ3v) is 6.67. The van der Waals surface area contributed by atoms with E-state index in [-0.39, 0.29) is 17.0 Å². The molecule has 0 unspecified atom stereocenters. The van der Waals surface area contributed by atoms with Crippen LogP contribution in [0, 0.1) is 0 Å². The summed E-state index contributed by atoms with van der Waals surface area (Å²) in [5.74, 6) is -0.0586. The van der Waals surface area contributed by atoms with E-state index in [0.717, 1.165) is 29.0 Å². The maximum absolute atomic E-state index is 12.8. The number of nitrogens with one attached hydrogen (secondary N) is 2. The van der Waals surface area contributed by atoms with Crippen molar-refractivity contribution in [3.63, 3.8) is 0 Å². The first-order chi connectivity index (χ1) is 14.0. The lowest BCUT2D eigenvalue weighted by molar-refractivity contribution is 0.0999. The van der Waals surface area contributed by atoms with Crippen molar-refractivity contribution in [1.82, 2.24) is 5.32 Å². The highest BCUT2D eigenvalue weighted by atomic mass is 32.1. The van der Waals surface area contributed by atoms with Gasteiger partial charge in [-0.15, -0.1) is 11.3 Å². The minimum absolute atomic E-state index is 0.184. The molecule has 0 spiro atoms. The number of primary amides is 1.